The second-order valence-electron chi connectivity index (χ2n) is 2.22. The van der Waals surface area contributed by atoms with Gasteiger partial charge in [0.2, 0.25) is 10.0 Å². The zero-order valence-electron chi connectivity index (χ0n) is 8.52. The molecule has 0 saturated carbocycles. The van der Waals surface area contributed by atoms with Crippen molar-refractivity contribution in [3.63, 3.8) is 0 Å². The van der Waals surface area contributed by atoms with Gasteiger partial charge in [-0.2, -0.15) is 0 Å². The molecule has 0 fully saturated rings. The summed E-state index contributed by atoms with van der Waals surface area (Å²) in [5.41, 5.74) is 0. The van der Waals surface area contributed by atoms with E-state index in [-0.39, 0.29) is 35.9 Å². The molecule has 0 aliphatic carbocycles. The van der Waals surface area contributed by atoms with E-state index < -0.39 is 10.0 Å². The van der Waals surface area contributed by atoms with Gasteiger partial charge in [0.15, 0.2) is 0 Å². The largest absolute Gasteiger partial charge is 1.00 e. The first kappa shape index (κ1) is 12.9. The molecule has 0 aliphatic rings. The Bertz CT molecular complexity index is 365. The first-order chi connectivity index (χ1) is 5.54. The minimum atomic E-state index is -3.58. The SMILES string of the molecule is COc1ccc(S(N)(=O)=O)cc1.[H-].[Na+]. The predicted octanol–water partition coefficient (Wildman–Crippen LogP) is -2.54. The van der Waals surface area contributed by atoms with Gasteiger partial charge in [-0.05, 0) is 24.3 Å². The molecule has 1 aromatic rings. The molecule has 0 amide bonds. The molecule has 1 aromatic carbocycles. The van der Waals surface area contributed by atoms with Crippen molar-refractivity contribution in [2.45, 2.75) is 4.90 Å². The van der Waals surface area contributed by atoms with Crippen molar-refractivity contribution >= 4 is 10.0 Å². The van der Waals surface area contributed by atoms with Crippen LogP contribution in [0.4, 0.5) is 0 Å². The van der Waals surface area contributed by atoms with Crippen LogP contribution in [0.25, 0.3) is 0 Å². The quantitative estimate of drug-likeness (QED) is 0.548. The molecule has 0 unspecified atom stereocenters. The monoisotopic (exact) mass is 211 g/mol. The third kappa shape index (κ3) is 3.66. The van der Waals surface area contributed by atoms with Crippen molar-refractivity contribution in [3.8, 4) is 5.75 Å². The summed E-state index contributed by atoms with van der Waals surface area (Å²) in [5.74, 6) is 0.599. The average molecular weight is 211 g/mol. The van der Waals surface area contributed by atoms with Crippen molar-refractivity contribution < 1.29 is 44.1 Å². The molecule has 4 nitrogen and oxygen atoms in total. The van der Waals surface area contributed by atoms with Crippen molar-refractivity contribution in [3.05, 3.63) is 24.3 Å². The molecule has 0 bridgehead atoms. The van der Waals surface area contributed by atoms with E-state index in [9.17, 15) is 8.42 Å². The molecule has 0 aromatic heterocycles. The molecule has 0 spiro atoms. The number of rotatable bonds is 2. The molecule has 0 atom stereocenters. The summed E-state index contributed by atoms with van der Waals surface area (Å²) in [6, 6.07) is 5.88. The van der Waals surface area contributed by atoms with Gasteiger partial charge in [0.25, 0.3) is 0 Å². The van der Waals surface area contributed by atoms with Crippen LogP contribution in [0.2, 0.25) is 0 Å². The van der Waals surface area contributed by atoms with E-state index in [2.05, 4.69) is 0 Å². The number of sulfonamides is 1. The maximum atomic E-state index is 10.8. The molecular weight excluding hydrogens is 201 g/mol. The van der Waals surface area contributed by atoms with E-state index in [1.807, 2.05) is 0 Å². The van der Waals surface area contributed by atoms with Crippen LogP contribution in [0, 0.1) is 0 Å². The first-order valence-corrected chi connectivity index (χ1v) is 4.75. The van der Waals surface area contributed by atoms with E-state index in [4.69, 9.17) is 9.88 Å². The van der Waals surface area contributed by atoms with Crippen molar-refractivity contribution in [1.29, 1.82) is 0 Å². The normalized spacial score (nSPS) is 10.3. The van der Waals surface area contributed by atoms with Gasteiger partial charge in [-0.25, -0.2) is 13.6 Å². The van der Waals surface area contributed by atoms with E-state index in [1.165, 1.54) is 19.2 Å². The number of nitrogens with two attached hydrogens (primary N) is 1. The maximum Gasteiger partial charge on any atom is 1.00 e. The summed E-state index contributed by atoms with van der Waals surface area (Å²) >= 11 is 0. The summed E-state index contributed by atoms with van der Waals surface area (Å²) in [4.78, 5) is 0.0864. The van der Waals surface area contributed by atoms with Gasteiger partial charge < -0.3 is 6.16 Å². The molecular formula is C7H10NNaO3S. The number of hydrogen-bond acceptors (Lipinski definition) is 3. The van der Waals surface area contributed by atoms with E-state index in [1.54, 1.807) is 12.1 Å². The Labute approximate surface area is 101 Å². The van der Waals surface area contributed by atoms with Crippen LogP contribution in [0.15, 0.2) is 29.2 Å². The third-order valence-corrected chi connectivity index (χ3v) is 2.32. The fraction of sp³-hybridized carbons (Fsp3) is 0.143. The van der Waals surface area contributed by atoms with E-state index in [0.29, 0.717) is 5.75 Å². The second-order valence-corrected chi connectivity index (χ2v) is 3.78. The molecule has 0 radical (unpaired) electrons. The summed E-state index contributed by atoms with van der Waals surface area (Å²) in [7, 11) is -2.08. The molecule has 0 aliphatic heterocycles. The zero-order chi connectivity index (χ0) is 9.19. The Morgan fingerprint density at radius 2 is 1.77 bits per heavy atom. The molecule has 0 heterocycles. The Balaban J connectivity index is 0. The number of methoxy groups -OCH3 is 1. The standard InChI is InChI=1S/C7H9NO3S.Na.H/c1-11-6-2-4-7(5-3-6)12(8,9)10;;/h2-5H,1H3,(H2,8,9,10);;/q;+1;-1. The third-order valence-electron chi connectivity index (χ3n) is 1.39. The van der Waals surface area contributed by atoms with Crippen LogP contribution in [-0.4, -0.2) is 15.5 Å². The molecule has 2 N–H and O–H groups in total. The maximum absolute atomic E-state index is 10.8. The molecule has 1 rings (SSSR count). The molecule has 6 heteroatoms. The fourth-order valence-electron chi connectivity index (χ4n) is 0.765. The fourth-order valence-corrected chi connectivity index (χ4v) is 1.28. The van der Waals surface area contributed by atoms with Crippen molar-refractivity contribution in [2.24, 2.45) is 5.14 Å². The zero-order valence-corrected chi connectivity index (χ0v) is 10.3. The number of hydrogen-bond donors (Lipinski definition) is 1. The van der Waals surface area contributed by atoms with Gasteiger partial charge >= 0.3 is 29.6 Å². The average Bonchev–Trinajstić information content (AvgIpc) is 2.03. The van der Waals surface area contributed by atoms with E-state index >= 15 is 0 Å². The summed E-state index contributed by atoms with van der Waals surface area (Å²) in [6.07, 6.45) is 0. The Morgan fingerprint density at radius 1 is 1.31 bits per heavy atom. The number of ether oxygens (including phenoxy) is 1. The van der Waals surface area contributed by atoms with Crippen LogP contribution >= 0.6 is 0 Å². The topological polar surface area (TPSA) is 69.4 Å². The minimum absolute atomic E-state index is 0. The summed E-state index contributed by atoms with van der Waals surface area (Å²) < 4.78 is 26.4. The summed E-state index contributed by atoms with van der Waals surface area (Å²) in [5, 5.41) is 4.88. The van der Waals surface area contributed by atoms with Gasteiger partial charge in [0.05, 0.1) is 12.0 Å². The summed E-state index contributed by atoms with van der Waals surface area (Å²) in [6.45, 7) is 0. The number of primary sulfonamides is 1. The van der Waals surface area contributed by atoms with Crippen LogP contribution < -0.4 is 39.4 Å². The van der Waals surface area contributed by atoms with Crippen LogP contribution in [0.1, 0.15) is 1.43 Å². The Morgan fingerprint density at radius 3 is 2.08 bits per heavy atom. The minimum Gasteiger partial charge on any atom is -1.00 e. The van der Waals surface area contributed by atoms with Gasteiger partial charge in [-0.3, -0.25) is 0 Å². The predicted molar refractivity (Wildman–Crippen MR) is 45.5 cm³/mol. The van der Waals surface area contributed by atoms with Crippen molar-refractivity contribution in [2.75, 3.05) is 7.11 Å². The second kappa shape index (κ2) is 4.97. The smallest absolute Gasteiger partial charge is 1.00 e. The van der Waals surface area contributed by atoms with Gasteiger partial charge in [-0.1, -0.05) is 0 Å². The van der Waals surface area contributed by atoms with Crippen LogP contribution in [-0.2, 0) is 10.0 Å². The van der Waals surface area contributed by atoms with Gasteiger partial charge in [0, 0.05) is 0 Å². The van der Waals surface area contributed by atoms with Crippen molar-refractivity contribution in [1.82, 2.24) is 0 Å². The molecule has 0 saturated heterocycles. The molecule has 13 heavy (non-hydrogen) atoms. The van der Waals surface area contributed by atoms with Gasteiger partial charge in [0.1, 0.15) is 5.75 Å². The van der Waals surface area contributed by atoms with Crippen LogP contribution in [0.5, 0.6) is 5.75 Å². The van der Waals surface area contributed by atoms with Crippen LogP contribution in [0.3, 0.4) is 0 Å². The Hall–Kier alpha value is -0.0700. The first-order valence-electron chi connectivity index (χ1n) is 3.21. The van der Waals surface area contributed by atoms with Gasteiger partial charge in [-0.15, -0.1) is 0 Å². The Kier molecular flexibility index (Phi) is 4.95. The molecule has 68 valence electrons. The number of benzene rings is 1. The van der Waals surface area contributed by atoms with E-state index in [0.717, 1.165) is 0 Å².